The van der Waals surface area contributed by atoms with Crippen molar-refractivity contribution >= 4 is 28.9 Å². The van der Waals surface area contributed by atoms with Gasteiger partial charge in [0.15, 0.2) is 6.61 Å². The minimum Gasteiger partial charge on any atom is -0.484 e. The topological polar surface area (TPSA) is 77.2 Å². The highest BCUT2D eigenvalue weighted by Gasteiger charge is 2.06. The van der Waals surface area contributed by atoms with Crippen LogP contribution in [-0.2, 0) is 4.79 Å². The third-order valence-corrected chi connectivity index (χ3v) is 2.60. The Morgan fingerprint density at radius 2 is 2.26 bits per heavy atom. The Morgan fingerprint density at radius 1 is 1.42 bits per heavy atom. The first-order valence-electron chi connectivity index (χ1n) is 5.53. The summed E-state index contributed by atoms with van der Waals surface area (Å²) in [4.78, 5) is 15.5. The maximum atomic E-state index is 11.7. The van der Waals surface area contributed by atoms with Crippen molar-refractivity contribution in [3.8, 4) is 5.75 Å². The number of aromatic nitrogens is 1. The van der Waals surface area contributed by atoms with Gasteiger partial charge in [-0.05, 0) is 18.2 Å². The number of rotatable bonds is 4. The number of amides is 1. The number of carbonyl (C=O) groups is 1. The molecule has 2 rings (SSSR count). The highest BCUT2D eigenvalue weighted by atomic mass is 35.5. The van der Waals surface area contributed by atoms with E-state index in [2.05, 4.69) is 10.3 Å². The Morgan fingerprint density at radius 3 is 3.00 bits per heavy atom. The number of carbonyl (C=O) groups excluding carboxylic acids is 1. The van der Waals surface area contributed by atoms with Gasteiger partial charge in [-0.25, -0.2) is 0 Å². The number of hydrogen-bond donors (Lipinski definition) is 2. The van der Waals surface area contributed by atoms with Gasteiger partial charge in [-0.2, -0.15) is 0 Å². The number of ether oxygens (including phenoxy) is 1. The van der Waals surface area contributed by atoms with Crippen molar-refractivity contribution in [3.63, 3.8) is 0 Å². The van der Waals surface area contributed by atoms with E-state index < -0.39 is 0 Å². The molecule has 0 unspecified atom stereocenters. The molecule has 0 fully saturated rings. The van der Waals surface area contributed by atoms with Gasteiger partial charge in [-0.3, -0.25) is 9.78 Å². The maximum absolute atomic E-state index is 11.7. The van der Waals surface area contributed by atoms with Crippen LogP contribution in [0.4, 0.5) is 11.4 Å². The molecule has 0 spiro atoms. The lowest BCUT2D eigenvalue weighted by atomic mass is 10.3. The summed E-state index contributed by atoms with van der Waals surface area (Å²) in [5.41, 5.74) is 6.63. The zero-order valence-electron chi connectivity index (χ0n) is 9.97. The molecule has 6 heteroatoms. The first kappa shape index (κ1) is 13.2. The van der Waals surface area contributed by atoms with Crippen LogP contribution in [0.2, 0.25) is 5.02 Å². The molecule has 0 radical (unpaired) electrons. The fraction of sp³-hybridized carbons (Fsp3) is 0.0769. The third-order valence-electron chi connectivity index (χ3n) is 2.27. The normalized spacial score (nSPS) is 9.95. The van der Waals surface area contributed by atoms with Crippen molar-refractivity contribution in [2.24, 2.45) is 0 Å². The van der Waals surface area contributed by atoms with Gasteiger partial charge in [0.05, 0.1) is 16.9 Å². The van der Waals surface area contributed by atoms with Gasteiger partial charge in [-0.1, -0.05) is 17.7 Å². The van der Waals surface area contributed by atoms with E-state index in [0.29, 0.717) is 22.1 Å². The molecule has 5 nitrogen and oxygen atoms in total. The molecule has 0 aliphatic heterocycles. The predicted molar refractivity (Wildman–Crippen MR) is 74.2 cm³/mol. The lowest BCUT2D eigenvalue weighted by Gasteiger charge is -2.08. The van der Waals surface area contributed by atoms with Crippen LogP contribution in [0.25, 0.3) is 0 Å². The average molecular weight is 278 g/mol. The summed E-state index contributed by atoms with van der Waals surface area (Å²) in [6.45, 7) is -0.130. The molecule has 0 saturated carbocycles. The Kier molecular flexibility index (Phi) is 4.20. The van der Waals surface area contributed by atoms with E-state index in [1.807, 2.05) is 0 Å². The molecule has 0 aliphatic carbocycles. The molecule has 98 valence electrons. The number of anilines is 2. The molecular formula is C13H12ClN3O2. The number of nitrogens with two attached hydrogens (primary N) is 1. The third kappa shape index (κ3) is 3.86. The van der Waals surface area contributed by atoms with Gasteiger partial charge in [0.25, 0.3) is 5.91 Å². The van der Waals surface area contributed by atoms with Crippen molar-refractivity contribution in [2.75, 3.05) is 17.7 Å². The second kappa shape index (κ2) is 6.06. The summed E-state index contributed by atoms with van der Waals surface area (Å²) in [7, 11) is 0. The van der Waals surface area contributed by atoms with Crippen molar-refractivity contribution < 1.29 is 9.53 Å². The van der Waals surface area contributed by atoms with Gasteiger partial charge in [0.1, 0.15) is 5.75 Å². The molecule has 1 aromatic heterocycles. The lowest BCUT2D eigenvalue weighted by Crippen LogP contribution is -2.20. The van der Waals surface area contributed by atoms with Crippen LogP contribution >= 0.6 is 11.6 Å². The summed E-state index contributed by atoms with van der Waals surface area (Å²) < 4.78 is 5.31. The Bertz CT molecular complexity index is 590. The molecule has 19 heavy (non-hydrogen) atoms. The van der Waals surface area contributed by atoms with Crippen LogP contribution < -0.4 is 15.8 Å². The number of hydrogen-bond acceptors (Lipinski definition) is 4. The van der Waals surface area contributed by atoms with E-state index in [0.717, 1.165) is 0 Å². The second-order valence-corrected chi connectivity index (χ2v) is 4.17. The molecular weight excluding hydrogens is 266 g/mol. The van der Waals surface area contributed by atoms with Crippen molar-refractivity contribution in [3.05, 3.63) is 47.7 Å². The Labute approximate surface area is 115 Å². The van der Waals surface area contributed by atoms with E-state index in [1.54, 1.807) is 36.5 Å². The molecule has 1 amide bonds. The number of nitrogen functional groups attached to an aromatic ring is 1. The van der Waals surface area contributed by atoms with Crippen LogP contribution in [0.3, 0.4) is 0 Å². The standard InChI is InChI=1S/C13H12ClN3O2/c14-11-4-5-16-7-12(11)17-13(18)8-19-10-3-1-2-9(15)6-10/h1-7H,8,15H2,(H,17,18). The fourth-order valence-electron chi connectivity index (χ4n) is 1.41. The zero-order chi connectivity index (χ0) is 13.7. The largest absolute Gasteiger partial charge is 0.484 e. The molecule has 0 bridgehead atoms. The van der Waals surface area contributed by atoms with Gasteiger partial charge in [0, 0.05) is 18.0 Å². The van der Waals surface area contributed by atoms with Gasteiger partial charge in [-0.15, -0.1) is 0 Å². The van der Waals surface area contributed by atoms with Gasteiger partial charge < -0.3 is 15.8 Å². The summed E-state index contributed by atoms with van der Waals surface area (Å²) >= 11 is 5.89. The molecule has 0 aliphatic rings. The maximum Gasteiger partial charge on any atom is 0.262 e. The lowest BCUT2D eigenvalue weighted by molar-refractivity contribution is -0.118. The van der Waals surface area contributed by atoms with Crippen LogP contribution in [0.1, 0.15) is 0 Å². The predicted octanol–water partition coefficient (Wildman–Crippen LogP) is 2.33. The second-order valence-electron chi connectivity index (χ2n) is 3.76. The average Bonchev–Trinajstić information content (AvgIpc) is 2.39. The van der Waals surface area contributed by atoms with Crippen molar-refractivity contribution in [2.45, 2.75) is 0 Å². The van der Waals surface area contributed by atoms with E-state index in [4.69, 9.17) is 22.1 Å². The molecule has 0 saturated heterocycles. The number of benzene rings is 1. The highest BCUT2D eigenvalue weighted by Crippen LogP contribution is 2.19. The van der Waals surface area contributed by atoms with Gasteiger partial charge in [0.2, 0.25) is 0 Å². The summed E-state index contributed by atoms with van der Waals surface area (Å²) in [6.07, 6.45) is 3.02. The van der Waals surface area contributed by atoms with Crippen LogP contribution in [0.5, 0.6) is 5.75 Å². The Hall–Kier alpha value is -2.27. The number of nitrogens with zero attached hydrogens (tertiary/aromatic N) is 1. The van der Waals surface area contributed by atoms with E-state index in [9.17, 15) is 4.79 Å². The van der Waals surface area contributed by atoms with Crippen LogP contribution in [-0.4, -0.2) is 17.5 Å². The summed E-state index contributed by atoms with van der Waals surface area (Å²) in [6, 6.07) is 8.45. The minimum atomic E-state index is -0.322. The van der Waals surface area contributed by atoms with E-state index >= 15 is 0 Å². The van der Waals surface area contributed by atoms with E-state index in [-0.39, 0.29) is 12.5 Å². The number of nitrogens with one attached hydrogen (secondary N) is 1. The smallest absolute Gasteiger partial charge is 0.262 e. The zero-order valence-corrected chi connectivity index (χ0v) is 10.7. The summed E-state index contributed by atoms with van der Waals surface area (Å²) in [5, 5.41) is 3.03. The summed E-state index contributed by atoms with van der Waals surface area (Å²) in [5.74, 6) is 0.213. The van der Waals surface area contributed by atoms with Crippen LogP contribution in [0.15, 0.2) is 42.7 Å². The molecule has 0 atom stereocenters. The van der Waals surface area contributed by atoms with Crippen molar-refractivity contribution in [1.29, 1.82) is 0 Å². The molecule has 3 N–H and O–H groups in total. The quantitative estimate of drug-likeness (QED) is 0.841. The van der Waals surface area contributed by atoms with Crippen molar-refractivity contribution in [1.82, 2.24) is 4.98 Å². The molecule has 1 heterocycles. The number of halogens is 1. The SMILES string of the molecule is Nc1cccc(OCC(=O)Nc2cnccc2Cl)c1. The van der Waals surface area contributed by atoms with E-state index in [1.165, 1.54) is 6.20 Å². The minimum absolute atomic E-state index is 0.130. The number of pyridine rings is 1. The fourth-order valence-corrected chi connectivity index (χ4v) is 1.56. The first-order valence-corrected chi connectivity index (χ1v) is 5.90. The molecule has 1 aromatic carbocycles. The molecule has 2 aromatic rings. The van der Waals surface area contributed by atoms with Crippen LogP contribution in [0, 0.1) is 0 Å². The first-order chi connectivity index (χ1) is 9.15. The Balaban J connectivity index is 1.90. The highest BCUT2D eigenvalue weighted by molar-refractivity contribution is 6.33. The monoisotopic (exact) mass is 277 g/mol. The van der Waals surface area contributed by atoms with Gasteiger partial charge >= 0.3 is 0 Å².